The minimum absolute atomic E-state index is 0.927. The molecule has 0 aliphatic rings. The van der Waals surface area contributed by atoms with Gasteiger partial charge < -0.3 is 4.42 Å². The highest BCUT2D eigenvalue weighted by Gasteiger charge is 2.17. The van der Waals surface area contributed by atoms with Gasteiger partial charge in [-0.1, -0.05) is 260 Å². The molecule has 0 N–H and O–H groups in total. The lowest BCUT2D eigenvalue weighted by Crippen LogP contribution is -1.91. The van der Waals surface area contributed by atoms with Gasteiger partial charge in [0.15, 0.2) is 0 Å². The molecule has 0 bridgehead atoms. The third kappa shape index (κ3) is 11.3. The lowest BCUT2D eigenvalue weighted by Gasteiger charge is -2.17. The van der Waals surface area contributed by atoms with Gasteiger partial charge in [0.1, 0.15) is 11.2 Å². The Morgan fingerprint density at radius 3 is 1.59 bits per heavy atom. The molecule has 1 nitrogen and oxygen atoms in total. The Morgan fingerprint density at radius 2 is 1.00 bits per heavy atom. The largest absolute Gasteiger partial charge is 0.455 e. The van der Waals surface area contributed by atoms with E-state index in [9.17, 15) is 0 Å². The topological polar surface area (TPSA) is 13.1 Å². The molecule has 0 amide bonds. The summed E-state index contributed by atoms with van der Waals surface area (Å²) < 4.78 is 6.34. The van der Waals surface area contributed by atoms with E-state index < -0.39 is 0 Å². The number of hydrogen-bond acceptors (Lipinski definition) is 1. The maximum Gasteiger partial charge on any atom is 0.143 e. The Balaban J connectivity index is 0.000000224. The average Bonchev–Trinajstić information content (AvgIpc) is 3.83. The highest BCUT2D eigenvalue weighted by atomic mass is 16.3. The molecule has 1 heteroatoms. The summed E-state index contributed by atoms with van der Waals surface area (Å²) in [6.07, 6.45) is 13.9. The normalized spacial score (nSPS) is 11.1. The van der Waals surface area contributed by atoms with E-state index in [1.54, 1.807) is 0 Å². The van der Waals surface area contributed by atoms with E-state index in [-0.39, 0.29) is 0 Å². The van der Waals surface area contributed by atoms with Crippen molar-refractivity contribution in [3.63, 3.8) is 0 Å². The van der Waals surface area contributed by atoms with Crippen LogP contribution < -0.4 is 0 Å². The van der Waals surface area contributed by atoms with Crippen molar-refractivity contribution in [1.29, 1.82) is 0 Å². The molecule has 0 aliphatic carbocycles. The van der Waals surface area contributed by atoms with Gasteiger partial charge in [-0.25, -0.2) is 0 Å². The third-order valence-electron chi connectivity index (χ3n) is 13.5. The summed E-state index contributed by atoms with van der Waals surface area (Å²) in [5, 5.41) is 10.2. The summed E-state index contributed by atoms with van der Waals surface area (Å²) in [5.74, 6) is 0. The van der Waals surface area contributed by atoms with Crippen molar-refractivity contribution in [2.45, 2.75) is 95.4 Å². The summed E-state index contributed by atoms with van der Waals surface area (Å²) in [4.78, 5) is 0. The highest BCUT2D eigenvalue weighted by molar-refractivity contribution is 6.27. The van der Waals surface area contributed by atoms with Gasteiger partial charge in [0.05, 0.1) is 0 Å². The second kappa shape index (κ2) is 25.1. The second-order valence-electron chi connectivity index (χ2n) is 18.2. The zero-order valence-electron chi connectivity index (χ0n) is 45.3. The molecular formula is C72H74O. The molecule has 368 valence electrons. The highest BCUT2D eigenvalue weighted by Crippen LogP contribution is 2.43. The third-order valence-corrected chi connectivity index (χ3v) is 13.5. The van der Waals surface area contributed by atoms with Crippen molar-refractivity contribution >= 4 is 66.4 Å². The Bertz CT molecular complexity index is 3640. The minimum Gasteiger partial charge on any atom is -0.455 e. The van der Waals surface area contributed by atoms with Crippen LogP contribution in [0.3, 0.4) is 0 Å². The molecule has 0 fully saturated rings. The number of para-hydroxylation sites is 2. The molecule has 0 saturated heterocycles. The first kappa shape index (κ1) is 53.1. The molecule has 0 radical (unpaired) electrons. The lowest BCUT2D eigenvalue weighted by atomic mass is 9.86. The molecule has 0 unspecified atom stereocenters. The Kier molecular flexibility index (Phi) is 18.2. The van der Waals surface area contributed by atoms with Gasteiger partial charge in [-0.2, -0.15) is 0 Å². The van der Waals surface area contributed by atoms with Crippen molar-refractivity contribution in [2.75, 3.05) is 0 Å². The molecule has 1 aromatic heterocycles. The molecule has 73 heavy (non-hydrogen) atoms. The Labute approximate surface area is 436 Å². The number of aryl methyl sites for hydroxylation is 3. The minimum atomic E-state index is 0.927. The molecule has 0 spiro atoms. The summed E-state index contributed by atoms with van der Waals surface area (Å²) in [6.45, 7) is 27.0. The van der Waals surface area contributed by atoms with Crippen molar-refractivity contribution in [2.24, 2.45) is 0 Å². The molecule has 0 atom stereocenters. The van der Waals surface area contributed by atoms with Gasteiger partial charge in [-0.15, -0.1) is 0 Å². The summed E-state index contributed by atoms with van der Waals surface area (Å²) >= 11 is 0. The van der Waals surface area contributed by atoms with Crippen LogP contribution in [0.2, 0.25) is 0 Å². The van der Waals surface area contributed by atoms with Gasteiger partial charge in [0.25, 0.3) is 0 Å². The van der Waals surface area contributed by atoms with Crippen LogP contribution in [0, 0.1) is 20.8 Å². The van der Waals surface area contributed by atoms with E-state index in [0.717, 1.165) is 39.5 Å². The van der Waals surface area contributed by atoms with Crippen molar-refractivity contribution in [3.05, 3.63) is 228 Å². The second-order valence-corrected chi connectivity index (χ2v) is 18.2. The van der Waals surface area contributed by atoms with E-state index in [0.29, 0.717) is 0 Å². The number of furan rings is 1. The van der Waals surface area contributed by atoms with Crippen molar-refractivity contribution in [3.8, 4) is 44.5 Å². The van der Waals surface area contributed by atoms with Crippen LogP contribution >= 0.6 is 0 Å². The monoisotopic (exact) mass is 955 g/mol. The molecule has 0 saturated carbocycles. The van der Waals surface area contributed by atoms with E-state index in [2.05, 4.69) is 230 Å². The smallest absolute Gasteiger partial charge is 0.143 e. The molecule has 11 rings (SSSR count). The molecule has 1 heterocycles. The summed E-state index contributed by atoms with van der Waals surface area (Å²) in [5.41, 5.74) is 19.5. The van der Waals surface area contributed by atoms with E-state index in [1.807, 2.05) is 52.8 Å². The fourth-order valence-electron chi connectivity index (χ4n) is 10.0. The average molecular weight is 955 g/mol. The predicted octanol–water partition coefficient (Wildman–Crippen LogP) is 22.4. The van der Waals surface area contributed by atoms with Gasteiger partial charge in [0, 0.05) is 16.3 Å². The number of rotatable bonds is 9. The maximum absolute atomic E-state index is 6.34. The standard InChI is InChI=1S/C43H30O.C19H20.C6H12.2C2H6/c1-3-27-23-26(2)24-32(25-27)34-20-16-31-17-21-37-33(19-15-30-18-22-38(34)42(31)41(30)37)28-11-13-29(14-12-28)35-8-6-9-39-36-7-4-5-10-40(36)44-43(35)39;1-5-7-16-12-13-19(18(6-2)15(16)4)17-10-8-14(3)9-11-17;1-3-5-6-4-2;2*1-2/h4-25H,3H2,1-2H3;5-13H,2H2,1,3-4H3;5-6H,3-4H2,1-2H3;2*1-2H3/b;7-5-;6-5-;;. The predicted molar refractivity (Wildman–Crippen MR) is 326 cm³/mol. The molecule has 11 aromatic rings. The first-order chi connectivity index (χ1) is 35.7. The molecule has 10 aromatic carbocycles. The number of benzene rings is 10. The fraction of sp³-hybridized carbons (Fsp3) is 0.194. The van der Waals surface area contributed by atoms with Crippen LogP contribution in [0.1, 0.15) is 102 Å². The first-order valence-electron chi connectivity index (χ1n) is 26.7. The quantitative estimate of drug-likeness (QED) is 0.104. The van der Waals surface area contributed by atoms with Crippen LogP contribution in [0.15, 0.2) is 199 Å². The van der Waals surface area contributed by atoms with Gasteiger partial charge in [0.2, 0.25) is 0 Å². The number of hydrogen-bond donors (Lipinski definition) is 0. The zero-order valence-corrected chi connectivity index (χ0v) is 45.3. The van der Waals surface area contributed by atoms with Crippen molar-refractivity contribution < 1.29 is 4.42 Å². The summed E-state index contributed by atoms with van der Waals surface area (Å²) in [7, 11) is 0. The van der Waals surface area contributed by atoms with Crippen LogP contribution in [-0.2, 0) is 6.42 Å². The van der Waals surface area contributed by atoms with Gasteiger partial charge in [-0.3, -0.25) is 0 Å². The Hall–Kier alpha value is -7.74. The summed E-state index contributed by atoms with van der Waals surface area (Å²) in [6, 6.07) is 62.1. The van der Waals surface area contributed by atoms with Crippen LogP contribution in [0.4, 0.5) is 0 Å². The molecule has 0 aliphatic heterocycles. The van der Waals surface area contributed by atoms with Crippen LogP contribution in [0.5, 0.6) is 0 Å². The lowest BCUT2D eigenvalue weighted by molar-refractivity contribution is 0.670. The van der Waals surface area contributed by atoms with E-state index in [1.165, 1.54) is 112 Å². The van der Waals surface area contributed by atoms with E-state index >= 15 is 0 Å². The SMILES string of the molecule is C=Cc1c(-c2ccc(C)cc2)ccc(/C=C\C)c1C.CC.CC.CC/C=C\CC.CCc1cc(C)cc(-c2ccc3ccc4c(-c5ccc(-c6cccc7c6oc6ccccc67)cc5)ccc5ccc2c3c54)c1. The van der Waals surface area contributed by atoms with E-state index in [4.69, 9.17) is 4.42 Å². The number of fused-ring (bicyclic) bond motifs is 3. The Morgan fingerprint density at radius 1 is 0.466 bits per heavy atom. The maximum atomic E-state index is 6.34. The van der Waals surface area contributed by atoms with Gasteiger partial charge >= 0.3 is 0 Å². The number of allylic oxidation sites excluding steroid dienone is 3. The fourth-order valence-corrected chi connectivity index (χ4v) is 10.0. The first-order valence-corrected chi connectivity index (χ1v) is 26.7. The van der Waals surface area contributed by atoms with Crippen LogP contribution in [0.25, 0.3) is 111 Å². The zero-order chi connectivity index (χ0) is 52.0. The molecular weight excluding hydrogens is 881 g/mol. The van der Waals surface area contributed by atoms with Gasteiger partial charge in [-0.05, 0) is 147 Å². The van der Waals surface area contributed by atoms with Crippen LogP contribution in [-0.4, -0.2) is 0 Å². The van der Waals surface area contributed by atoms with Crippen molar-refractivity contribution in [1.82, 2.24) is 0 Å².